The van der Waals surface area contributed by atoms with Crippen molar-refractivity contribution in [3.63, 3.8) is 0 Å². The normalized spacial score (nSPS) is 7.94. The van der Waals surface area contributed by atoms with Crippen molar-refractivity contribution in [2.45, 2.75) is 0 Å². The molecule has 1 aromatic rings. The molecule has 17 heavy (non-hydrogen) atoms. The van der Waals surface area contributed by atoms with E-state index in [1.54, 1.807) is 0 Å². The molecule has 0 aliphatic heterocycles. The van der Waals surface area contributed by atoms with Crippen molar-refractivity contribution in [1.82, 2.24) is 0 Å². The first-order valence-corrected chi connectivity index (χ1v) is 3.79. The van der Waals surface area contributed by atoms with Gasteiger partial charge in [0.1, 0.15) is 0 Å². The summed E-state index contributed by atoms with van der Waals surface area (Å²) in [5.41, 5.74) is 8.94. The second-order valence-corrected chi connectivity index (χ2v) is 2.27. The number of benzene rings is 1. The van der Waals surface area contributed by atoms with Crippen LogP contribution in [0.5, 0.6) is 0 Å². The minimum absolute atomic E-state index is 0.333. The average molecular weight is 253 g/mol. The molecule has 0 aliphatic carbocycles. The summed E-state index contributed by atoms with van der Waals surface area (Å²) in [6, 6.07) is 2.82. The van der Waals surface area contributed by atoms with E-state index in [-0.39, 0.29) is 5.96 Å². The van der Waals surface area contributed by atoms with Crippen LogP contribution in [0.1, 0.15) is 0 Å². The standard InChI is InChI=1S/C6H3F3.CH5N3.CH2O3/c7-4-2-1-3-5(8)6(4)9;2*2-1(3)4/h1-3H;(H5,2,3,4);(H2,2,3,4). The van der Waals surface area contributed by atoms with E-state index in [1.165, 1.54) is 0 Å². The number of nitrogens with two attached hydrogens (primary N) is 2. The maximum atomic E-state index is 12.0. The predicted molar refractivity (Wildman–Crippen MR) is 53.1 cm³/mol. The SMILES string of the molecule is Fc1cccc(F)c1F.N=C(N)N.O=C(O)O. The van der Waals surface area contributed by atoms with E-state index in [0.29, 0.717) is 0 Å². The molecule has 1 rings (SSSR count). The zero-order valence-electron chi connectivity index (χ0n) is 8.32. The van der Waals surface area contributed by atoms with E-state index < -0.39 is 23.6 Å². The highest BCUT2D eigenvalue weighted by Gasteiger charge is 2.04. The van der Waals surface area contributed by atoms with Crippen LogP contribution in [0.25, 0.3) is 0 Å². The van der Waals surface area contributed by atoms with Gasteiger partial charge in [-0.2, -0.15) is 0 Å². The van der Waals surface area contributed by atoms with Gasteiger partial charge in [0, 0.05) is 0 Å². The summed E-state index contributed by atoms with van der Waals surface area (Å²) in [4.78, 5) is 8.56. The predicted octanol–water partition coefficient (Wildman–Crippen LogP) is 1.16. The fourth-order valence-electron chi connectivity index (χ4n) is 0.477. The molecule has 0 atom stereocenters. The summed E-state index contributed by atoms with van der Waals surface area (Å²) in [5, 5.41) is 20.0. The van der Waals surface area contributed by atoms with Gasteiger partial charge in [0.2, 0.25) is 0 Å². The molecule has 0 unspecified atom stereocenters. The molecule has 0 fully saturated rings. The topological polar surface area (TPSA) is 133 Å². The van der Waals surface area contributed by atoms with Crippen LogP contribution < -0.4 is 11.5 Å². The summed E-state index contributed by atoms with van der Waals surface area (Å²) in [6.45, 7) is 0. The highest BCUT2D eigenvalue weighted by atomic mass is 19.2. The van der Waals surface area contributed by atoms with Gasteiger partial charge in [0.25, 0.3) is 0 Å². The van der Waals surface area contributed by atoms with Gasteiger partial charge in [-0.1, -0.05) is 6.07 Å². The van der Waals surface area contributed by atoms with E-state index in [4.69, 9.17) is 20.4 Å². The third kappa shape index (κ3) is 13.6. The number of hydrogen-bond donors (Lipinski definition) is 5. The molecular formula is C8H10F3N3O3. The van der Waals surface area contributed by atoms with E-state index in [9.17, 15) is 13.2 Å². The molecule has 1 aromatic carbocycles. The Balaban J connectivity index is 0. The largest absolute Gasteiger partial charge is 0.503 e. The Hall–Kier alpha value is -2.45. The monoisotopic (exact) mass is 253 g/mol. The van der Waals surface area contributed by atoms with Crippen LogP contribution in [0.4, 0.5) is 18.0 Å². The van der Waals surface area contributed by atoms with Crippen LogP contribution in [0.2, 0.25) is 0 Å². The van der Waals surface area contributed by atoms with Gasteiger partial charge < -0.3 is 21.7 Å². The number of guanidine groups is 1. The summed E-state index contributed by atoms with van der Waals surface area (Å²) in [5.74, 6) is -4.07. The lowest BCUT2D eigenvalue weighted by molar-refractivity contribution is 0.137. The number of halogens is 3. The molecule has 0 aromatic heterocycles. The van der Waals surface area contributed by atoms with Crippen molar-refractivity contribution >= 4 is 12.1 Å². The molecule has 0 spiro atoms. The maximum Gasteiger partial charge on any atom is 0.503 e. The molecule has 6 nitrogen and oxygen atoms in total. The Kier molecular flexibility index (Phi) is 8.81. The number of carbonyl (C=O) groups is 1. The third-order valence-electron chi connectivity index (χ3n) is 0.904. The third-order valence-corrected chi connectivity index (χ3v) is 0.904. The summed E-state index contributed by atoms with van der Waals surface area (Å²) < 4.78 is 35.9. The van der Waals surface area contributed by atoms with E-state index >= 15 is 0 Å². The number of carboxylic acid groups (broad SMARTS) is 2. The Labute approximate surface area is 93.8 Å². The summed E-state index contributed by atoms with van der Waals surface area (Å²) in [6.07, 6.45) is -1.83. The van der Waals surface area contributed by atoms with Crippen molar-refractivity contribution in [1.29, 1.82) is 5.41 Å². The van der Waals surface area contributed by atoms with Crippen LogP contribution in [0.3, 0.4) is 0 Å². The van der Waals surface area contributed by atoms with E-state index in [1.807, 2.05) is 0 Å². The first-order valence-electron chi connectivity index (χ1n) is 3.79. The van der Waals surface area contributed by atoms with Gasteiger partial charge in [-0.3, -0.25) is 5.41 Å². The molecule has 0 saturated heterocycles. The second kappa shape index (κ2) is 8.83. The van der Waals surface area contributed by atoms with Crippen molar-refractivity contribution < 1.29 is 28.2 Å². The first kappa shape index (κ1) is 17.0. The lowest BCUT2D eigenvalue weighted by Crippen LogP contribution is -2.20. The van der Waals surface area contributed by atoms with Crippen LogP contribution in [-0.4, -0.2) is 22.3 Å². The molecule has 7 N–H and O–H groups in total. The minimum atomic E-state index is -1.83. The van der Waals surface area contributed by atoms with E-state index in [2.05, 4.69) is 11.5 Å². The molecule has 9 heteroatoms. The molecule has 0 bridgehead atoms. The van der Waals surface area contributed by atoms with Gasteiger partial charge in [0.05, 0.1) is 0 Å². The van der Waals surface area contributed by atoms with Crippen LogP contribution in [-0.2, 0) is 0 Å². The molecule has 0 aliphatic rings. The Morgan fingerprint density at radius 3 is 1.53 bits per heavy atom. The first-order chi connectivity index (χ1) is 7.68. The van der Waals surface area contributed by atoms with Gasteiger partial charge in [0.15, 0.2) is 23.4 Å². The number of rotatable bonds is 0. The average Bonchev–Trinajstić information content (AvgIpc) is 2.12. The Bertz CT molecular complexity index is 347. The zero-order chi connectivity index (χ0) is 14.0. The summed E-state index contributed by atoms with van der Waals surface area (Å²) in [7, 11) is 0. The molecule has 96 valence electrons. The number of hydrogen-bond acceptors (Lipinski definition) is 2. The molecule has 0 radical (unpaired) electrons. The van der Waals surface area contributed by atoms with Gasteiger partial charge in [-0.25, -0.2) is 18.0 Å². The lowest BCUT2D eigenvalue weighted by atomic mass is 10.3. The van der Waals surface area contributed by atoms with Crippen molar-refractivity contribution in [3.05, 3.63) is 35.7 Å². The smallest absolute Gasteiger partial charge is 0.450 e. The van der Waals surface area contributed by atoms with Crippen molar-refractivity contribution in [2.24, 2.45) is 11.5 Å². The minimum Gasteiger partial charge on any atom is -0.450 e. The van der Waals surface area contributed by atoms with Gasteiger partial charge >= 0.3 is 6.16 Å². The highest BCUT2D eigenvalue weighted by molar-refractivity contribution is 5.71. The van der Waals surface area contributed by atoms with Gasteiger partial charge in [-0.15, -0.1) is 0 Å². The van der Waals surface area contributed by atoms with Gasteiger partial charge in [-0.05, 0) is 12.1 Å². The highest BCUT2D eigenvalue weighted by Crippen LogP contribution is 2.07. The van der Waals surface area contributed by atoms with Crippen molar-refractivity contribution in [2.75, 3.05) is 0 Å². The Morgan fingerprint density at radius 2 is 1.35 bits per heavy atom. The maximum absolute atomic E-state index is 12.0. The second-order valence-electron chi connectivity index (χ2n) is 2.27. The van der Waals surface area contributed by atoms with E-state index in [0.717, 1.165) is 18.2 Å². The quantitative estimate of drug-likeness (QED) is 0.269. The number of nitrogens with one attached hydrogen (secondary N) is 1. The van der Waals surface area contributed by atoms with Crippen LogP contribution >= 0.6 is 0 Å². The van der Waals surface area contributed by atoms with Crippen molar-refractivity contribution in [3.8, 4) is 0 Å². The van der Waals surface area contributed by atoms with Crippen LogP contribution in [0, 0.1) is 22.9 Å². The molecular weight excluding hydrogens is 243 g/mol. The fourth-order valence-corrected chi connectivity index (χ4v) is 0.477. The Morgan fingerprint density at radius 1 is 1.12 bits per heavy atom. The zero-order valence-corrected chi connectivity index (χ0v) is 8.32. The van der Waals surface area contributed by atoms with Crippen LogP contribution in [0.15, 0.2) is 18.2 Å². The molecule has 0 heterocycles. The molecule has 0 saturated carbocycles. The summed E-state index contributed by atoms with van der Waals surface area (Å²) >= 11 is 0. The lowest BCUT2D eigenvalue weighted by Gasteiger charge is -1.90. The fraction of sp³-hybridized carbons (Fsp3) is 0. The molecule has 0 amide bonds.